The summed E-state index contributed by atoms with van der Waals surface area (Å²) in [5.74, 6) is 0.451. The zero-order valence-corrected chi connectivity index (χ0v) is 27.8. The summed E-state index contributed by atoms with van der Waals surface area (Å²) in [5.41, 5.74) is 3.96. The van der Waals surface area contributed by atoms with Crippen molar-refractivity contribution in [3.05, 3.63) is 118 Å². The zero-order chi connectivity index (χ0) is 33.8. The minimum Gasteiger partial charge on any atom is -0.473 e. The van der Waals surface area contributed by atoms with Crippen molar-refractivity contribution in [3.63, 3.8) is 0 Å². The summed E-state index contributed by atoms with van der Waals surface area (Å²) >= 11 is 0. The second-order valence-corrected chi connectivity index (χ2v) is 13.0. The summed E-state index contributed by atoms with van der Waals surface area (Å²) in [6.45, 7) is 9.07. The molecule has 1 fully saturated rings. The van der Waals surface area contributed by atoms with Gasteiger partial charge in [-0.2, -0.15) is 4.98 Å². The number of aliphatic hydroxyl groups is 1. The van der Waals surface area contributed by atoms with Crippen LogP contribution in [0.4, 0.5) is 4.79 Å². The van der Waals surface area contributed by atoms with E-state index in [0.717, 1.165) is 22.2 Å². The van der Waals surface area contributed by atoms with Gasteiger partial charge in [-0.15, -0.1) is 0 Å². The van der Waals surface area contributed by atoms with E-state index in [1.54, 1.807) is 26.2 Å². The Bertz CT molecular complexity index is 1930. The lowest BCUT2D eigenvalue weighted by molar-refractivity contribution is -0.00151. The maximum absolute atomic E-state index is 14.0. The highest BCUT2D eigenvalue weighted by atomic mass is 16.6. The molecule has 1 aliphatic rings. The Balaban J connectivity index is 1.32. The smallest absolute Gasteiger partial charge is 0.410 e. The molecule has 1 amide bonds. The van der Waals surface area contributed by atoms with Gasteiger partial charge in [0.05, 0.1) is 23.7 Å². The second kappa shape index (κ2) is 13.9. The molecule has 10 nitrogen and oxygen atoms in total. The van der Waals surface area contributed by atoms with Gasteiger partial charge in [0.1, 0.15) is 24.5 Å². The SMILES string of the molecule is CCn1c(=O)n(-c2ccc(OCc3ccccc3)nc2OCc2ccccc2)c2ccc([C@H]3CCN(C(=O)OC(C)(C)C)C[C@@H]3O)cc21. The van der Waals surface area contributed by atoms with Crippen LogP contribution < -0.4 is 15.2 Å². The molecule has 3 aromatic carbocycles. The average molecular weight is 651 g/mol. The van der Waals surface area contributed by atoms with Crippen LogP contribution in [0.2, 0.25) is 0 Å². The van der Waals surface area contributed by atoms with Crippen LogP contribution in [0.1, 0.15) is 56.7 Å². The number of likely N-dealkylation sites (tertiary alicyclic amines) is 1. The Morgan fingerprint density at radius 2 is 1.56 bits per heavy atom. The van der Waals surface area contributed by atoms with E-state index in [0.29, 0.717) is 43.2 Å². The molecule has 1 N–H and O–H groups in total. The molecular formula is C38H42N4O6. The normalized spacial score (nSPS) is 16.6. The third-order valence-electron chi connectivity index (χ3n) is 8.43. The Hall–Kier alpha value is -5.09. The van der Waals surface area contributed by atoms with Crippen LogP contribution in [-0.4, -0.2) is 55.0 Å². The highest BCUT2D eigenvalue weighted by Crippen LogP contribution is 2.33. The van der Waals surface area contributed by atoms with E-state index in [9.17, 15) is 14.7 Å². The van der Waals surface area contributed by atoms with Crippen LogP contribution in [-0.2, 0) is 24.5 Å². The van der Waals surface area contributed by atoms with Crippen molar-refractivity contribution in [2.45, 2.75) is 71.5 Å². The molecule has 1 saturated heterocycles. The van der Waals surface area contributed by atoms with E-state index in [1.807, 2.05) is 107 Å². The summed E-state index contributed by atoms with van der Waals surface area (Å²) in [6, 6.07) is 29.0. The first-order valence-corrected chi connectivity index (χ1v) is 16.4. The number of nitrogens with zero attached hydrogens (tertiary/aromatic N) is 4. The lowest BCUT2D eigenvalue weighted by Crippen LogP contribution is -2.47. The highest BCUT2D eigenvalue weighted by molar-refractivity contribution is 5.80. The first kappa shape index (κ1) is 32.8. The van der Waals surface area contributed by atoms with Crippen molar-refractivity contribution in [1.29, 1.82) is 0 Å². The molecule has 0 spiro atoms. The molecule has 6 rings (SSSR count). The number of hydrogen-bond acceptors (Lipinski definition) is 7. The van der Waals surface area contributed by atoms with E-state index in [4.69, 9.17) is 19.2 Å². The average Bonchev–Trinajstić information content (AvgIpc) is 3.36. The van der Waals surface area contributed by atoms with Gasteiger partial charge in [-0.05, 0) is 69.0 Å². The number of pyridine rings is 1. The largest absolute Gasteiger partial charge is 0.473 e. The van der Waals surface area contributed by atoms with Crippen LogP contribution >= 0.6 is 0 Å². The van der Waals surface area contributed by atoms with E-state index in [1.165, 1.54) is 0 Å². The topological polar surface area (TPSA) is 108 Å². The second-order valence-electron chi connectivity index (χ2n) is 13.0. The molecule has 10 heteroatoms. The van der Waals surface area contributed by atoms with Gasteiger partial charge in [-0.1, -0.05) is 66.7 Å². The van der Waals surface area contributed by atoms with Crippen LogP contribution in [0.3, 0.4) is 0 Å². The summed E-state index contributed by atoms with van der Waals surface area (Å²) in [5, 5.41) is 11.1. The third-order valence-corrected chi connectivity index (χ3v) is 8.43. The highest BCUT2D eigenvalue weighted by Gasteiger charge is 2.34. The number of aromatic nitrogens is 3. The Morgan fingerprint density at radius 1 is 0.896 bits per heavy atom. The number of carbonyl (C=O) groups is 1. The summed E-state index contributed by atoms with van der Waals surface area (Å²) in [7, 11) is 0. The van der Waals surface area contributed by atoms with Crippen molar-refractivity contribution in [3.8, 4) is 17.4 Å². The number of imidazole rings is 1. The fourth-order valence-corrected chi connectivity index (χ4v) is 6.08. The fourth-order valence-electron chi connectivity index (χ4n) is 6.08. The Kier molecular flexibility index (Phi) is 9.54. The van der Waals surface area contributed by atoms with Crippen LogP contribution in [0, 0.1) is 0 Å². The third kappa shape index (κ3) is 7.23. The van der Waals surface area contributed by atoms with Crippen molar-refractivity contribution in [1.82, 2.24) is 19.0 Å². The Labute approximate surface area is 280 Å². The van der Waals surface area contributed by atoms with Gasteiger partial charge >= 0.3 is 11.8 Å². The van der Waals surface area contributed by atoms with E-state index >= 15 is 0 Å². The van der Waals surface area contributed by atoms with Gasteiger partial charge in [0, 0.05) is 25.1 Å². The fraction of sp³-hybridized carbons (Fsp3) is 0.342. The van der Waals surface area contributed by atoms with Gasteiger partial charge in [0.25, 0.3) is 0 Å². The van der Waals surface area contributed by atoms with Gasteiger partial charge in [-0.3, -0.25) is 9.13 Å². The molecule has 2 atom stereocenters. The summed E-state index contributed by atoms with van der Waals surface area (Å²) in [6.07, 6.45) is -0.643. The lowest BCUT2D eigenvalue weighted by atomic mass is 9.87. The number of ether oxygens (including phenoxy) is 3. The number of carbonyl (C=O) groups excluding carboxylic acids is 1. The molecular weight excluding hydrogens is 608 g/mol. The van der Waals surface area contributed by atoms with E-state index in [2.05, 4.69) is 0 Å². The van der Waals surface area contributed by atoms with Gasteiger partial charge < -0.3 is 24.2 Å². The van der Waals surface area contributed by atoms with Gasteiger partial charge in [0.2, 0.25) is 11.8 Å². The quantitative estimate of drug-likeness (QED) is 0.195. The van der Waals surface area contributed by atoms with Gasteiger partial charge in [0.15, 0.2) is 0 Å². The predicted octanol–water partition coefficient (Wildman–Crippen LogP) is 6.45. The van der Waals surface area contributed by atoms with Crippen molar-refractivity contribution in [2.75, 3.05) is 13.1 Å². The molecule has 0 unspecified atom stereocenters. The minimum absolute atomic E-state index is 0.172. The molecule has 1 aliphatic heterocycles. The van der Waals surface area contributed by atoms with Crippen LogP contribution in [0.25, 0.3) is 16.7 Å². The van der Waals surface area contributed by atoms with Crippen molar-refractivity contribution < 1.29 is 24.1 Å². The molecule has 0 saturated carbocycles. The van der Waals surface area contributed by atoms with E-state index < -0.39 is 17.8 Å². The first-order valence-electron chi connectivity index (χ1n) is 16.4. The number of aryl methyl sites for hydroxylation is 1. The number of aliphatic hydroxyl groups excluding tert-OH is 1. The maximum atomic E-state index is 14.0. The molecule has 0 radical (unpaired) electrons. The number of rotatable bonds is 9. The first-order chi connectivity index (χ1) is 23.1. The molecule has 0 bridgehead atoms. The molecule has 48 heavy (non-hydrogen) atoms. The monoisotopic (exact) mass is 650 g/mol. The number of amides is 1. The molecule has 2 aromatic heterocycles. The number of fused-ring (bicyclic) bond motifs is 1. The lowest BCUT2D eigenvalue weighted by Gasteiger charge is -2.37. The number of β-amino-alcohol motifs (C(OH)–C–C–N with tert-alkyl or cyclic N) is 1. The van der Waals surface area contributed by atoms with Crippen molar-refractivity contribution >= 4 is 17.1 Å². The van der Waals surface area contributed by atoms with Gasteiger partial charge in [-0.25, -0.2) is 9.59 Å². The van der Waals surface area contributed by atoms with Crippen LogP contribution in [0.5, 0.6) is 11.8 Å². The van der Waals surface area contributed by atoms with Crippen LogP contribution in [0.15, 0.2) is 95.8 Å². The molecule has 250 valence electrons. The number of hydrogen-bond donors (Lipinski definition) is 1. The standard InChI is InChI=1S/C38H42N4O6/c1-5-41-32-22-28(29-20-21-40(23-33(29)43)37(45)48-38(2,3)4)16-17-30(32)42(36(41)44)31-18-19-34(46-24-26-12-8-6-9-13-26)39-35(31)47-25-27-14-10-7-11-15-27/h6-19,22,29,33,43H,5,20-21,23-25H2,1-4H3/t29-,33+/m1/s1. The Morgan fingerprint density at radius 3 is 2.19 bits per heavy atom. The molecule has 5 aromatic rings. The summed E-state index contributed by atoms with van der Waals surface area (Å²) in [4.78, 5) is 32.9. The molecule has 3 heterocycles. The number of benzene rings is 3. The summed E-state index contributed by atoms with van der Waals surface area (Å²) < 4.78 is 21.1. The van der Waals surface area contributed by atoms with E-state index in [-0.39, 0.29) is 30.6 Å². The predicted molar refractivity (Wildman–Crippen MR) is 184 cm³/mol. The maximum Gasteiger partial charge on any atom is 0.410 e. The number of piperidine rings is 1. The molecule has 0 aliphatic carbocycles. The zero-order valence-electron chi connectivity index (χ0n) is 27.8. The minimum atomic E-state index is -0.779. The van der Waals surface area contributed by atoms with Crippen molar-refractivity contribution in [2.24, 2.45) is 0 Å².